The molecule has 0 amide bonds. The normalized spacial score (nSPS) is 9.88. The highest BCUT2D eigenvalue weighted by atomic mass is 16.5. The molecule has 0 N–H and O–H groups in total. The van der Waals surface area contributed by atoms with Gasteiger partial charge in [-0.25, -0.2) is 0 Å². The molecule has 0 atom stereocenters. The fraction of sp³-hybridized carbons (Fsp3) is 0.800. The molecule has 3 nitrogen and oxygen atoms in total. The Morgan fingerprint density at radius 3 is 2.38 bits per heavy atom. The molecule has 0 aromatic heterocycles. The van der Waals surface area contributed by atoms with Crippen molar-refractivity contribution in [3.05, 3.63) is 0 Å². The van der Waals surface area contributed by atoms with Crippen molar-refractivity contribution in [2.24, 2.45) is 0 Å². The van der Waals surface area contributed by atoms with Gasteiger partial charge in [0.2, 0.25) is 0 Å². The summed E-state index contributed by atoms with van der Waals surface area (Å²) in [6, 6.07) is 0. The zero-order valence-electron chi connectivity index (χ0n) is 5.01. The Morgan fingerprint density at radius 1 is 1.75 bits per heavy atom. The minimum absolute atomic E-state index is 0.0344. The number of carbonyl (C=O) groups is 1. The van der Waals surface area contributed by atoms with E-state index in [0.29, 0.717) is 0 Å². The second kappa shape index (κ2) is 3.43. The Morgan fingerprint density at radius 2 is 2.25 bits per heavy atom. The average Bonchev–Trinajstić information content (AvgIpc) is 1.61. The molecule has 0 unspecified atom stereocenters. The number of hydrogen-bond donors (Lipinski definition) is 0. The molecule has 48 valence electrons. The first-order chi connectivity index (χ1) is 3.63. The Labute approximate surface area is 48.3 Å². The molecule has 0 fully saturated rings. The molecule has 0 saturated heterocycles. The molecular formula is C5H9O3-. The summed E-state index contributed by atoms with van der Waals surface area (Å²) in [4.78, 5) is 9.67. The summed E-state index contributed by atoms with van der Waals surface area (Å²) in [6.45, 7) is 3.23. The minimum Gasteiger partial charge on any atom is -0.548 e. The van der Waals surface area contributed by atoms with Crippen molar-refractivity contribution in [1.82, 2.24) is 0 Å². The number of carboxylic acid groups (broad SMARTS) is 1. The van der Waals surface area contributed by atoms with Crippen molar-refractivity contribution in [3.63, 3.8) is 0 Å². The third kappa shape index (κ3) is 5.43. The van der Waals surface area contributed by atoms with E-state index in [9.17, 15) is 9.90 Å². The van der Waals surface area contributed by atoms with Crippen LogP contribution >= 0.6 is 0 Å². The lowest BCUT2D eigenvalue weighted by Crippen LogP contribution is -2.28. The second-order valence-corrected chi connectivity index (χ2v) is 1.73. The molecule has 0 aromatic carbocycles. The van der Waals surface area contributed by atoms with Gasteiger partial charge in [0.05, 0.1) is 18.7 Å². The maximum Gasteiger partial charge on any atom is 0.0864 e. The van der Waals surface area contributed by atoms with Gasteiger partial charge in [-0.3, -0.25) is 0 Å². The predicted molar refractivity (Wildman–Crippen MR) is 26.1 cm³/mol. The molecule has 0 rings (SSSR count). The molecule has 0 aliphatic rings. The lowest BCUT2D eigenvalue weighted by Gasteiger charge is -2.06. The van der Waals surface area contributed by atoms with Gasteiger partial charge in [0, 0.05) is 0 Å². The second-order valence-electron chi connectivity index (χ2n) is 1.73. The van der Waals surface area contributed by atoms with E-state index >= 15 is 0 Å². The van der Waals surface area contributed by atoms with E-state index < -0.39 is 5.97 Å². The average molecular weight is 117 g/mol. The van der Waals surface area contributed by atoms with E-state index in [0.717, 1.165) is 0 Å². The van der Waals surface area contributed by atoms with Gasteiger partial charge in [-0.15, -0.1) is 0 Å². The Balaban J connectivity index is 3.05. The van der Waals surface area contributed by atoms with E-state index in [1.54, 1.807) is 13.8 Å². The van der Waals surface area contributed by atoms with Gasteiger partial charge in [-0.2, -0.15) is 0 Å². The molecule has 8 heavy (non-hydrogen) atoms. The van der Waals surface area contributed by atoms with Gasteiger partial charge in [0.15, 0.2) is 0 Å². The molecular weight excluding hydrogens is 108 g/mol. The van der Waals surface area contributed by atoms with Gasteiger partial charge < -0.3 is 14.6 Å². The van der Waals surface area contributed by atoms with Gasteiger partial charge in [0.1, 0.15) is 0 Å². The maximum atomic E-state index is 9.67. The van der Waals surface area contributed by atoms with Crippen LogP contribution in [0.5, 0.6) is 0 Å². The predicted octanol–water partition coefficient (Wildman–Crippen LogP) is -0.839. The highest BCUT2D eigenvalue weighted by molar-refractivity contribution is 5.65. The molecule has 0 bridgehead atoms. The number of aliphatic carboxylic acids is 1. The molecule has 0 aliphatic carbocycles. The lowest BCUT2D eigenvalue weighted by atomic mass is 10.5. The summed E-state index contributed by atoms with van der Waals surface area (Å²) in [5, 5.41) is 9.67. The Bertz CT molecular complexity index is 77.7. The fourth-order valence-electron chi connectivity index (χ4n) is 0.235. The maximum absolute atomic E-state index is 9.67. The topological polar surface area (TPSA) is 49.4 Å². The molecule has 0 saturated carbocycles. The fourth-order valence-corrected chi connectivity index (χ4v) is 0.235. The highest BCUT2D eigenvalue weighted by Crippen LogP contribution is 1.83. The van der Waals surface area contributed by atoms with Gasteiger partial charge in [0.25, 0.3) is 0 Å². The van der Waals surface area contributed by atoms with E-state index in [2.05, 4.69) is 4.74 Å². The quantitative estimate of drug-likeness (QED) is 0.484. The van der Waals surface area contributed by atoms with Crippen LogP contribution in [-0.2, 0) is 9.53 Å². The molecule has 0 aliphatic heterocycles. The van der Waals surface area contributed by atoms with Crippen molar-refractivity contribution < 1.29 is 14.6 Å². The highest BCUT2D eigenvalue weighted by Gasteiger charge is 1.90. The van der Waals surface area contributed by atoms with Crippen molar-refractivity contribution >= 4 is 5.97 Å². The third-order valence-electron chi connectivity index (χ3n) is 0.535. The number of carboxylic acids is 1. The molecule has 0 heterocycles. The van der Waals surface area contributed by atoms with Crippen LogP contribution in [0.15, 0.2) is 0 Å². The summed E-state index contributed by atoms with van der Waals surface area (Å²) in [5.41, 5.74) is 0. The SMILES string of the molecule is CC(C)OCC(=O)[O-]. The molecule has 3 heteroatoms. The van der Waals surface area contributed by atoms with Crippen LogP contribution in [0.4, 0.5) is 0 Å². The number of rotatable bonds is 3. The van der Waals surface area contributed by atoms with Crippen molar-refractivity contribution in [2.75, 3.05) is 6.61 Å². The van der Waals surface area contributed by atoms with Crippen molar-refractivity contribution in [2.45, 2.75) is 20.0 Å². The zero-order valence-corrected chi connectivity index (χ0v) is 5.01. The van der Waals surface area contributed by atoms with Gasteiger partial charge >= 0.3 is 0 Å². The standard InChI is InChI=1S/C5H10O3/c1-4(2)8-3-5(6)7/h4H,3H2,1-2H3,(H,6,7)/p-1. The molecule has 0 spiro atoms. The smallest absolute Gasteiger partial charge is 0.0864 e. The first-order valence-electron chi connectivity index (χ1n) is 2.44. The van der Waals surface area contributed by atoms with E-state index in [1.807, 2.05) is 0 Å². The first-order valence-corrected chi connectivity index (χ1v) is 2.44. The summed E-state index contributed by atoms with van der Waals surface area (Å²) >= 11 is 0. The van der Waals surface area contributed by atoms with Crippen LogP contribution in [0.1, 0.15) is 13.8 Å². The number of hydrogen-bond acceptors (Lipinski definition) is 3. The number of carbonyl (C=O) groups excluding carboxylic acids is 1. The van der Waals surface area contributed by atoms with Crippen LogP contribution < -0.4 is 5.11 Å². The van der Waals surface area contributed by atoms with Crippen molar-refractivity contribution in [1.29, 1.82) is 0 Å². The third-order valence-corrected chi connectivity index (χ3v) is 0.535. The number of ether oxygens (including phenoxy) is 1. The minimum atomic E-state index is -1.17. The Kier molecular flexibility index (Phi) is 3.19. The first kappa shape index (κ1) is 7.43. The summed E-state index contributed by atoms with van der Waals surface area (Å²) in [7, 11) is 0. The van der Waals surface area contributed by atoms with Crippen LogP contribution in [0, 0.1) is 0 Å². The van der Waals surface area contributed by atoms with E-state index in [1.165, 1.54) is 0 Å². The monoisotopic (exact) mass is 117 g/mol. The van der Waals surface area contributed by atoms with E-state index in [4.69, 9.17) is 0 Å². The van der Waals surface area contributed by atoms with Gasteiger partial charge in [-0.1, -0.05) is 0 Å². The van der Waals surface area contributed by atoms with Crippen LogP contribution in [-0.4, -0.2) is 18.7 Å². The molecule has 0 radical (unpaired) electrons. The molecule has 0 aromatic rings. The summed E-state index contributed by atoms with van der Waals surface area (Å²) < 4.78 is 4.64. The van der Waals surface area contributed by atoms with Crippen LogP contribution in [0.2, 0.25) is 0 Å². The zero-order chi connectivity index (χ0) is 6.57. The lowest BCUT2D eigenvalue weighted by molar-refractivity contribution is -0.310. The van der Waals surface area contributed by atoms with E-state index in [-0.39, 0.29) is 12.7 Å². The van der Waals surface area contributed by atoms with Crippen LogP contribution in [0.25, 0.3) is 0 Å². The largest absolute Gasteiger partial charge is 0.548 e. The Hall–Kier alpha value is -0.570. The van der Waals surface area contributed by atoms with Gasteiger partial charge in [-0.05, 0) is 13.8 Å². The summed E-state index contributed by atoms with van der Waals surface area (Å²) in [5.74, 6) is -1.17. The van der Waals surface area contributed by atoms with Crippen LogP contribution in [0.3, 0.4) is 0 Å². The summed E-state index contributed by atoms with van der Waals surface area (Å²) in [6.07, 6.45) is -0.0344. The van der Waals surface area contributed by atoms with Crippen molar-refractivity contribution in [3.8, 4) is 0 Å².